The Hall–Kier alpha value is -2.33. The lowest BCUT2D eigenvalue weighted by Crippen LogP contribution is -2.89. The molecule has 4 heteroatoms. The van der Waals surface area contributed by atoms with Gasteiger partial charge in [-0.25, -0.2) is 0 Å². The molecule has 1 heterocycles. The average Bonchev–Trinajstić information content (AvgIpc) is 2.66. The summed E-state index contributed by atoms with van der Waals surface area (Å²) in [5.41, 5.74) is 3.86. The van der Waals surface area contributed by atoms with Gasteiger partial charge in [0.2, 0.25) is 5.91 Å². The van der Waals surface area contributed by atoms with E-state index in [0.29, 0.717) is 12.2 Å². The molecule has 2 aromatic carbocycles. The highest BCUT2D eigenvalue weighted by atomic mass is 16.3. The third-order valence-corrected chi connectivity index (χ3v) is 5.25. The molecular weight excluding hydrogens is 312 g/mol. The minimum atomic E-state index is -0.126. The summed E-state index contributed by atoms with van der Waals surface area (Å²) in [4.78, 5) is 14.8. The Balaban J connectivity index is 1.93. The molecule has 1 fully saturated rings. The SMILES string of the molecule is Cc1ccc(C(CC(=O)N2CC[NH2+]CC2)c2ccccc2)c(O)c1C. The van der Waals surface area contributed by atoms with Crippen molar-refractivity contribution in [1.82, 2.24) is 4.90 Å². The number of rotatable bonds is 4. The van der Waals surface area contributed by atoms with Crippen molar-refractivity contribution in [3.8, 4) is 5.75 Å². The molecule has 3 N–H and O–H groups in total. The maximum atomic E-state index is 12.8. The molecule has 4 nitrogen and oxygen atoms in total. The van der Waals surface area contributed by atoms with Crippen LogP contribution in [-0.4, -0.2) is 42.1 Å². The minimum absolute atomic E-state index is 0.126. The van der Waals surface area contributed by atoms with Gasteiger partial charge in [-0.2, -0.15) is 0 Å². The van der Waals surface area contributed by atoms with Crippen LogP contribution in [0.15, 0.2) is 42.5 Å². The summed E-state index contributed by atoms with van der Waals surface area (Å²) < 4.78 is 0. The second-order valence-corrected chi connectivity index (χ2v) is 6.86. The van der Waals surface area contributed by atoms with Gasteiger partial charge in [0, 0.05) is 17.9 Å². The zero-order valence-corrected chi connectivity index (χ0v) is 15.0. The van der Waals surface area contributed by atoms with Crippen LogP contribution in [0.2, 0.25) is 0 Å². The van der Waals surface area contributed by atoms with E-state index in [1.165, 1.54) is 0 Å². The Morgan fingerprint density at radius 3 is 2.48 bits per heavy atom. The number of phenols is 1. The van der Waals surface area contributed by atoms with Crippen molar-refractivity contribution in [1.29, 1.82) is 0 Å². The lowest BCUT2D eigenvalue weighted by Gasteiger charge is -2.28. The molecule has 0 bridgehead atoms. The summed E-state index contributed by atoms with van der Waals surface area (Å²) >= 11 is 0. The first kappa shape index (κ1) is 17.5. The highest BCUT2D eigenvalue weighted by molar-refractivity contribution is 5.78. The molecule has 1 unspecified atom stereocenters. The van der Waals surface area contributed by atoms with E-state index < -0.39 is 0 Å². The predicted octanol–water partition coefficient (Wildman–Crippen LogP) is 1.94. The van der Waals surface area contributed by atoms with E-state index in [2.05, 4.69) is 5.32 Å². The van der Waals surface area contributed by atoms with Crippen LogP contribution in [0.4, 0.5) is 0 Å². The van der Waals surface area contributed by atoms with Gasteiger partial charge in [0.25, 0.3) is 0 Å². The van der Waals surface area contributed by atoms with Crippen LogP contribution in [0.25, 0.3) is 0 Å². The molecule has 1 saturated heterocycles. The quantitative estimate of drug-likeness (QED) is 0.894. The fourth-order valence-electron chi connectivity index (χ4n) is 3.50. The predicted molar refractivity (Wildman–Crippen MR) is 98.7 cm³/mol. The molecule has 1 aliphatic rings. The number of phenolic OH excluding ortho intramolecular Hbond substituents is 1. The summed E-state index contributed by atoms with van der Waals surface area (Å²) in [6, 6.07) is 14.0. The average molecular weight is 339 g/mol. The van der Waals surface area contributed by atoms with Crippen molar-refractivity contribution in [3.63, 3.8) is 0 Å². The van der Waals surface area contributed by atoms with E-state index in [0.717, 1.165) is 48.4 Å². The van der Waals surface area contributed by atoms with Crippen LogP contribution < -0.4 is 5.32 Å². The lowest BCUT2D eigenvalue weighted by molar-refractivity contribution is -0.662. The second-order valence-electron chi connectivity index (χ2n) is 6.86. The van der Waals surface area contributed by atoms with Crippen molar-refractivity contribution in [3.05, 3.63) is 64.7 Å². The molecule has 0 aliphatic carbocycles. The Kier molecular flexibility index (Phi) is 5.39. The van der Waals surface area contributed by atoms with Crippen molar-refractivity contribution in [2.24, 2.45) is 0 Å². The minimum Gasteiger partial charge on any atom is -0.507 e. The van der Waals surface area contributed by atoms with E-state index in [9.17, 15) is 9.90 Å². The summed E-state index contributed by atoms with van der Waals surface area (Å²) in [6.45, 7) is 7.47. The number of aromatic hydroxyl groups is 1. The fraction of sp³-hybridized carbons (Fsp3) is 0.381. The van der Waals surface area contributed by atoms with Gasteiger partial charge in [0.15, 0.2) is 0 Å². The maximum Gasteiger partial charge on any atom is 0.223 e. The molecule has 0 spiro atoms. The molecule has 0 aromatic heterocycles. The molecule has 0 radical (unpaired) electrons. The Morgan fingerprint density at radius 2 is 1.80 bits per heavy atom. The Labute approximate surface area is 149 Å². The number of hydrogen-bond donors (Lipinski definition) is 2. The van der Waals surface area contributed by atoms with Gasteiger partial charge in [-0.15, -0.1) is 0 Å². The van der Waals surface area contributed by atoms with Crippen LogP contribution in [0.5, 0.6) is 5.75 Å². The number of carbonyl (C=O) groups excluding carboxylic acids is 1. The van der Waals surface area contributed by atoms with Crippen LogP contribution in [0.1, 0.15) is 34.6 Å². The summed E-state index contributed by atoms with van der Waals surface area (Å²) in [7, 11) is 0. The first-order valence-electron chi connectivity index (χ1n) is 9.01. The molecule has 0 saturated carbocycles. The zero-order chi connectivity index (χ0) is 17.8. The third kappa shape index (κ3) is 3.85. The van der Waals surface area contributed by atoms with E-state index in [-0.39, 0.29) is 11.8 Å². The number of carbonyl (C=O) groups is 1. The van der Waals surface area contributed by atoms with E-state index in [1.807, 2.05) is 61.2 Å². The zero-order valence-electron chi connectivity index (χ0n) is 15.0. The molecule has 1 amide bonds. The third-order valence-electron chi connectivity index (χ3n) is 5.25. The lowest BCUT2D eigenvalue weighted by atomic mass is 9.85. The first-order chi connectivity index (χ1) is 12.1. The molecule has 25 heavy (non-hydrogen) atoms. The smallest absolute Gasteiger partial charge is 0.223 e. The topological polar surface area (TPSA) is 57.2 Å². The number of benzene rings is 2. The summed E-state index contributed by atoms with van der Waals surface area (Å²) in [5, 5.41) is 12.9. The fourth-order valence-corrected chi connectivity index (χ4v) is 3.50. The molecular formula is C21H27N2O2+. The Bertz CT molecular complexity index is 737. The first-order valence-corrected chi connectivity index (χ1v) is 9.01. The number of aryl methyl sites for hydroxylation is 1. The van der Waals surface area contributed by atoms with E-state index >= 15 is 0 Å². The van der Waals surface area contributed by atoms with Crippen LogP contribution in [-0.2, 0) is 4.79 Å². The Morgan fingerprint density at radius 1 is 1.12 bits per heavy atom. The monoisotopic (exact) mass is 339 g/mol. The highest BCUT2D eigenvalue weighted by Gasteiger charge is 2.26. The van der Waals surface area contributed by atoms with Crippen LogP contribution >= 0.6 is 0 Å². The van der Waals surface area contributed by atoms with Crippen LogP contribution in [0.3, 0.4) is 0 Å². The van der Waals surface area contributed by atoms with Gasteiger partial charge in [-0.05, 0) is 30.5 Å². The van der Waals surface area contributed by atoms with Crippen molar-refractivity contribution < 1.29 is 15.2 Å². The largest absolute Gasteiger partial charge is 0.507 e. The number of nitrogens with two attached hydrogens (primary N) is 1. The van der Waals surface area contributed by atoms with Gasteiger partial charge >= 0.3 is 0 Å². The number of amides is 1. The summed E-state index contributed by atoms with van der Waals surface area (Å²) in [5.74, 6) is 0.354. The molecule has 1 aliphatic heterocycles. The number of hydrogen-bond acceptors (Lipinski definition) is 2. The van der Waals surface area contributed by atoms with Crippen molar-refractivity contribution in [2.45, 2.75) is 26.2 Å². The van der Waals surface area contributed by atoms with Gasteiger partial charge in [0.05, 0.1) is 26.2 Å². The molecule has 3 rings (SSSR count). The molecule has 132 valence electrons. The van der Waals surface area contributed by atoms with Crippen LogP contribution in [0, 0.1) is 13.8 Å². The number of nitrogens with zero attached hydrogens (tertiary/aromatic N) is 1. The molecule has 1 atom stereocenters. The number of quaternary nitrogens is 1. The maximum absolute atomic E-state index is 12.8. The number of piperazine rings is 1. The van der Waals surface area contributed by atoms with Gasteiger partial charge < -0.3 is 15.3 Å². The van der Waals surface area contributed by atoms with Gasteiger partial charge in [0.1, 0.15) is 5.75 Å². The standard InChI is InChI=1S/C21H26N2O2/c1-15-8-9-18(21(25)16(15)2)19(17-6-4-3-5-7-17)14-20(24)23-12-10-22-11-13-23/h3-9,19,22,25H,10-14H2,1-2H3/p+1. The van der Waals surface area contributed by atoms with Crippen molar-refractivity contribution >= 4 is 5.91 Å². The van der Waals surface area contributed by atoms with Crippen molar-refractivity contribution in [2.75, 3.05) is 26.2 Å². The van der Waals surface area contributed by atoms with Gasteiger partial charge in [-0.1, -0.05) is 42.5 Å². The molecule has 2 aromatic rings. The highest BCUT2D eigenvalue weighted by Crippen LogP contribution is 2.37. The second kappa shape index (κ2) is 7.70. The van der Waals surface area contributed by atoms with E-state index in [4.69, 9.17) is 0 Å². The summed E-state index contributed by atoms with van der Waals surface area (Å²) in [6.07, 6.45) is 0.389. The normalized spacial score (nSPS) is 15.8. The van der Waals surface area contributed by atoms with E-state index in [1.54, 1.807) is 0 Å². The van der Waals surface area contributed by atoms with Gasteiger partial charge in [-0.3, -0.25) is 4.79 Å².